The third-order valence-electron chi connectivity index (χ3n) is 4.96. The molecule has 144 valence electrons. The summed E-state index contributed by atoms with van der Waals surface area (Å²) in [6.07, 6.45) is -0.135. The molecule has 0 aromatic heterocycles. The number of carbonyl (C=O) groups is 1. The third kappa shape index (κ3) is 5.02. The predicted molar refractivity (Wildman–Crippen MR) is 108 cm³/mol. The lowest BCUT2D eigenvalue weighted by molar-refractivity contribution is -0.141. The van der Waals surface area contributed by atoms with Crippen LogP contribution >= 0.6 is 11.6 Å². The summed E-state index contributed by atoms with van der Waals surface area (Å²) in [4.78, 5) is 14.8. The second-order valence-electron chi connectivity index (χ2n) is 7.13. The summed E-state index contributed by atoms with van der Waals surface area (Å²) >= 11 is 6.05. The maximum Gasteiger partial charge on any atom is 0.230 e. The Bertz CT molecular complexity index is 791. The number of amides is 1. The molecule has 2 aromatic rings. The van der Waals surface area contributed by atoms with Crippen molar-refractivity contribution in [1.29, 1.82) is 0 Å². The zero-order valence-corrected chi connectivity index (χ0v) is 16.8. The number of carbonyl (C=O) groups excluding carboxylic acids is 1. The number of halogens is 1. The van der Waals surface area contributed by atoms with Gasteiger partial charge in [-0.3, -0.25) is 4.79 Å². The maximum atomic E-state index is 12.9. The molecular weight excluding hydrogens is 362 g/mol. The van der Waals surface area contributed by atoms with E-state index < -0.39 is 0 Å². The first-order valence-electron chi connectivity index (χ1n) is 9.30. The van der Waals surface area contributed by atoms with Gasteiger partial charge in [-0.15, -0.1) is 0 Å². The van der Waals surface area contributed by atoms with Crippen LogP contribution < -0.4 is 4.74 Å². The van der Waals surface area contributed by atoms with Crippen molar-refractivity contribution in [3.05, 3.63) is 64.2 Å². The Morgan fingerprint density at radius 2 is 2.00 bits per heavy atom. The van der Waals surface area contributed by atoms with Gasteiger partial charge in [0.2, 0.25) is 5.91 Å². The van der Waals surface area contributed by atoms with Crippen LogP contribution in [0.4, 0.5) is 0 Å². The molecule has 0 N–H and O–H groups in total. The van der Waals surface area contributed by atoms with E-state index in [1.54, 1.807) is 0 Å². The highest BCUT2D eigenvalue weighted by atomic mass is 35.5. The standard InChI is InChI=1S/C22H26ClNO3/c1-15-4-6-18(7-5-15)17(3)22(25)24-10-11-26-20(13-24)14-27-19-8-9-21(23)16(2)12-19/h4-9,12,17,20H,10-11,13-14H2,1-3H3. The van der Waals surface area contributed by atoms with Crippen LogP contribution in [0.25, 0.3) is 0 Å². The number of ether oxygens (including phenoxy) is 2. The van der Waals surface area contributed by atoms with Gasteiger partial charge in [0.15, 0.2) is 0 Å². The first-order valence-corrected chi connectivity index (χ1v) is 9.67. The summed E-state index contributed by atoms with van der Waals surface area (Å²) < 4.78 is 11.6. The molecule has 0 bridgehead atoms. The second-order valence-corrected chi connectivity index (χ2v) is 7.54. The van der Waals surface area contributed by atoms with E-state index in [-0.39, 0.29) is 17.9 Å². The maximum absolute atomic E-state index is 12.9. The van der Waals surface area contributed by atoms with Crippen LogP contribution in [-0.4, -0.2) is 43.2 Å². The molecule has 1 saturated heterocycles. The molecule has 1 amide bonds. The van der Waals surface area contributed by atoms with Crippen LogP contribution in [0.5, 0.6) is 5.75 Å². The molecule has 1 fully saturated rings. The molecule has 5 heteroatoms. The zero-order chi connectivity index (χ0) is 19.4. The average molecular weight is 388 g/mol. The molecule has 0 aliphatic carbocycles. The molecular formula is C22H26ClNO3. The average Bonchev–Trinajstić information content (AvgIpc) is 2.68. The fourth-order valence-corrected chi connectivity index (χ4v) is 3.31. The highest BCUT2D eigenvalue weighted by molar-refractivity contribution is 6.31. The number of morpholine rings is 1. The van der Waals surface area contributed by atoms with Crippen molar-refractivity contribution < 1.29 is 14.3 Å². The summed E-state index contributed by atoms with van der Waals surface area (Å²) in [7, 11) is 0. The van der Waals surface area contributed by atoms with Crippen molar-refractivity contribution in [3.8, 4) is 5.75 Å². The van der Waals surface area contributed by atoms with Crippen LogP contribution in [0.15, 0.2) is 42.5 Å². The van der Waals surface area contributed by atoms with Crippen LogP contribution in [0.3, 0.4) is 0 Å². The van der Waals surface area contributed by atoms with Gasteiger partial charge in [0.1, 0.15) is 18.5 Å². The lowest BCUT2D eigenvalue weighted by Gasteiger charge is -2.34. The van der Waals surface area contributed by atoms with Crippen LogP contribution in [0.1, 0.15) is 29.5 Å². The Morgan fingerprint density at radius 1 is 1.26 bits per heavy atom. The summed E-state index contributed by atoms with van der Waals surface area (Å²) in [6.45, 7) is 8.05. The number of benzene rings is 2. The number of hydrogen-bond acceptors (Lipinski definition) is 3. The van der Waals surface area contributed by atoms with Gasteiger partial charge in [-0.25, -0.2) is 0 Å². The van der Waals surface area contributed by atoms with Crippen molar-refractivity contribution in [2.24, 2.45) is 0 Å². The van der Waals surface area contributed by atoms with Gasteiger partial charge >= 0.3 is 0 Å². The molecule has 1 heterocycles. The van der Waals surface area contributed by atoms with E-state index in [1.165, 1.54) is 5.56 Å². The molecule has 1 aliphatic rings. The summed E-state index contributed by atoms with van der Waals surface area (Å²) in [5.41, 5.74) is 3.21. The van der Waals surface area contributed by atoms with Crippen LogP contribution in [0.2, 0.25) is 5.02 Å². The Morgan fingerprint density at radius 3 is 2.70 bits per heavy atom. The third-order valence-corrected chi connectivity index (χ3v) is 5.39. The molecule has 2 atom stereocenters. The second kappa shape index (κ2) is 8.77. The molecule has 4 nitrogen and oxygen atoms in total. The fourth-order valence-electron chi connectivity index (χ4n) is 3.19. The molecule has 1 aliphatic heterocycles. The molecule has 0 spiro atoms. The minimum Gasteiger partial charge on any atom is -0.491 e. The Hall–Kier alpha value is -2.04. The van der Waals surface area contributed by atoms with Crippen LogP contribution in [0, 0.1) is 13.8 Å². The lowest BCUT2D eigenvalue weighted by atomic mass is 9.98. The minimum absolute atomic E-state index is 0.134. The first kappa shape index (κ1) is 19.7. The van der Waals surface area contributed by atoms with Gasteiger partial charge in [0.05, 0.1) is 19.1 Å². The smallest absolute Gasteiger partial charge is 0.230 e. The van der Waals surface area contributed by atoms with E-state index >= 15 is 0 Å². The largest absolute Gasteiger partial charge is 0.491 e. The van der Waals surface area contributed by atoms with Crippen LogP contribution in [-0.2, 0) is 9.53 Å². The van der Waals surface area contributed by atoms with E-state index in [4.69, 9.17) is 21.1 Å². The fraction of sp³-hybridized carbons (Fsp3) is 0.409. The van der Waals surface area contributed by atoms with Gasteiger partial charge in [0.25, 0.3) is 0 Å². The number of nitrogens with zero attached hydrogens (tertiary/aromatic N) is 1. The van der Waals surface area contributed by atoms with Gasteiger partial charge < -0.3 is 14.4 Å². The van der Waals surface area contributed by atoms with Gasteiger partial charge in [-0.05, 0) is 50.1 Å². The van der Waals surface area contributed by atoms with Crippen molar-refractivity contribution in [2.75, 3.05) is 26.3 Å². The molecule has 0 radical (unpaired) electrons. The number of rotatable bonds is 5. The van der Waals surface area contributed by atoms with E-state index in [2.05, 4.69) is 0 Å². The molecule has 27 heavy (non-hydrogen) atoms. The zero-order valence-electron chi connectivity index (χ0n) is 16.1. The van der Waals surface area contributed by atoms with Crippen molar-refractivity contribution in [1.82, 2.24) is 4.90 Å². The van der Waals surface area contributed by atoms with Crippen molar-refractivity contribution >= 4 is 17.5 Å². The minimum atomic E-state index is -0.163. The SMILES string of the molecule is Cc1ccc(C(C)C(=O)N2CCOC(COc3ccc(Cl)c(C)c3)C2)cc1. The van der Waals surface area contributed by atoms with E-state index in [1.807, 2.05) is 68.1 Å². The number of hydrogen-bond donors (Lipinski definition) is 0. The Balaban J connectivity index is 1.57. The topological polar surface area (TPSA) is 38.8 Å². The van der Waals surface area contributed by atoms with Crippen molar-refractivity contribution in [2.45, 2.75) is 32.8 Å². The molecule has 0 saturated carbocycles. The molecule has 2 aromatic carbocycles. The van der Waals surface area contributed by atoms with E-state index in [0.29, 0.717) is 26.3 Å². The summed E-state index contributed by atoms with van der Waals surface area (Å²) in [5, 5.41) is 0.720. The summed E-state index contributed by atoms with van der Waals surface area (Å²) in [6, 6.07) is 13.7. The first-order chi connectivity index (χ1) is 12.9. The van der Waals surface area contributed by atoms with Gasteiger partial charge in [-0.2, -0.15) is 0 Å². The quantitative estimate of drug-likeness (QED) is 0.764. The predicted octanol–water partition coefficient (Wildman–Crippen LogP) is 4.37. The molecule has 2 unspecified atom stereocenters. The Kier molecular flexibility index (Phi) is 6.40. The molecule has 3 rings (SSSR count). The van der Waals surface area contributed by atoms with Gasteiger partial charge in [-0.1, -0.05) is 41.4 Å². The summed E-state index contributed by atoms with van der Waals surface area (Å²) in [5.74, 6) is 0.732. The van der Waals surface area contributed by atoms with Gasteiger partial charge in [0, 0.05) is 11.6 Å². The monoisotopic (exact) mass is 387 g/mol. The highest BCUT2D eigenvalue weighted by Crippen LogP contribution is 2.23. The normalized spacial score (nSPS) is 18.2. The van der Waals surface area contributed by atoms with E-state index in [9.17, 15) is 4.79 Å². The van der Waals surface area contributed by atoms with Crippen molar-refractivity contribution in [3.63, 3.8) is 0 Å². The lowest BCUT2D eigenvalue weighted by Crippen LogP contribution is -2.48. The number of aryl methyl sites for hydroxylation is 2. The highest BCUT2D eigenvalue weighted by Gasteiger charge is 2.28. The Labute approximate surface area is 166 Å². The van der Waals surface area contributed by atoms with E-state index in [0.717, 1.165) is 21.9 Å².